The number of halogens is 1. The van der Waals surface area contributed by atoms with Gasteiger partial charge in [-0.25, -0.2) is 9.97 Å². The molecule has 0 spiro atoms. The van der Waals surface area contributed by atoms with Crippen LogP contribution < -0.4 is 0 Å². The molecule has 0 unspecified atom stereocenters. The highest BCUT2D eigenvalue weighted by Gasteiger charge is 2.00. The summed E-state index contributed by atoms with van der Waals surface area (Å²) in [5.41, 5.74) is 2.70. The normalized spacial score (nSPS) is 10.4. The van der Waals surface area contributed by atoms with E-state index >= 15 is 0 Å². The molecule has 0 radical (unpaired) electrons. The van der Waals surface area contributed by atoms with E-state index in [9.17, 15) is 0 Å². The summed E-state index contributed by atoms with van der Waals surface area (Å²) in [6.45, 7) is 3.66. The average molecular weight is 271 g/mol. The van der Waals surface area contributed by atoms with Gasteiger partial charge in [0.2, 0.25) is 0 Å². The molecule has 0 bridgehead atoms. The highest BCUT2D eigenvalue weighted by molar-refractivity contribution is 14.1. The van der Waals surface area contributed by atoms with Crippen molar-refractivity contribution in [2.75, 3.05) is 0 Å². The second-order valence-corrected chi connectivity index (χ2v) is 3.39. The van der Waals surface area contributed by atoms with Crippen LogP contribution in [-0.2, 0) is 0 Å². The zero-order valence-corrected chi connectivity index (χ0v) is 8.37. The summed E-state index contributed by atoms with van der Waals surface area (Å²) in [6.07, 6.45) is 3.53. The van der Waals surface area contributed by atoms with Crippen molar-refractivity contribution in [3.8, 4) is 0 Å². The minimum atomic E-state index is 0.824. The Morgan fingerprint density at radius 3 is 3.17 bits per heavy atom. The molecule has 0 atom stereocenters. The number of hydrogen-bond donors (Lipinski definition) is 1. The number of fused-ring (bicyclic) bond motifs is 1. The molecule has 2 aromatic heterocycles. The molecule has 0 saturated carbocycles. The molecule has 2 aromatic rings. The molecule has 2 heterocycles. The van der Waals surface area contributed by atoms with Crippen molar-refractivity contribution in [1.29, 1.82) is 0 Å². The van der Waals surface area contributed by atoms with Crippen LogP contribution in [0.2, 0.25) is 0 Å². The van der Waals surface area contributed by atoms with Gasteiger partial charge >= 0.3 is 0 Å². The van der Waals surface area contributed by atoms with Gasteiger partial charge in [-0.2, -0.15) is 0 Å². The fraction of sp³-hybridized carbons (Fsp3) is 0. The SMILES string of the molecule is C=Cc1cnc2[nH]c(I)nc2c1. The average Bonchev–Trinajstić information content (AvgIpc) is 2.43. The van der Waals surface area contributed by atoms with Crippen LogP contribution in [0.25, 0.3) is 17.2 Å². The summed E-state index contributed by atoms with van der Waals surface area (Å²) in [5.74, 6) is 0. The van der Waals surface area contributed by atoms with Crippen LogP contribution in [0.5, 0.6) is 0 Å². The van der Waals surface area contributed by atoms with Crippen LogP contribution in [0, 0.1) is 3.83 Å². The van der Waals surface area contributed by atoms with E-state index in [4.69, 9.17) is 0 Å². The summed E-state index contributed by atoms with van der Waals surface area (Å²) in [4.78, 5) is 11.5. The molecule has 0 aliphatic heterocycles. The van der Waals surface area contributed by atoms with Crippen molar-refractivity contribution >= 4 is 39.8 Å². The minimum Gasteiger partial charge on any atom is -0.318 e. The van der Waals surface area contributed by atoms with Gasteiger partial charge in [0.1, 0.15) is 5.52 Å². The lowest BCUT2D eigenvalue weighted by atomic mass is 10.3. The van der Waals surface area contributed by atoms with E-state index < -0.39 is 0 Å². The van der Waals surface area contributed by atoms with Crippen molar-refractivity contribution in [1.82, 2.24) is 15.0 Å². The number of rotatable bonds is 1. The van der Waals surface area contributed by atoms with Crippen molar-refractivity contribution in [3.05, 3.63) is 28.2 Å². The first-order valence-electron chi connectivity index (χ1n) is 3.43. The van der Waals surface area contributed by atoms with Crippen molar-refractivity contribution < 1.29 is 0 Å². The van der Waals surface area contributed by atoms with Gasteiger partial charge in [0.25, 0.3) is 0 Å². The Balaban J connectivity index is 2.74. The van der Waals surface area contributed by atoms with Gasteiger partial charge in [-0.1, -0.05) is 12.7 Å². The first-order valence-corrected chi connectivity index (χ1v) is 4.51. The standard InChI is InChI=1S/C8H6IN3/c1-2-5-3-6-7(10-4-5)12-8(9)11-6/h2-4H,1H2,(H,10,11,12). The van der Waals surface area contributed by atoms with E-state index in [0.29, 0.717) is 0 Å². The van der Waals surface area contributed by atoms with Crippen LogP contribution in [0.3, 0.4) is 0 Å². The third-order valence-electron chi connectivity index (χ3n) is 1.56. The van der Waals surface area contributed by atoms with Gasteiger partial charge < -0.3 is 4.98 Å². The maximum atomic E-state index is 4.24. The van der Waals surface area contributed by atoms with E-state index in [1.807, 2.05) is 6.07 Å². The smallest absolute Gasteiger partial charge is 0.170 e. The topological polar surface area (TPSA) is 41.6 Å². The van der Waals surface area contributed by atoms with Crippen LogP contribution in [-0.4, -0.2) is 15.0 Å². The lowest BCUT2D eigenvalue weighted by Gasteiger charge is -1.89. The second-order valence-electron chi connectivity index (χ2n) is 2.37. The molecular weight excluding hydrogens is 265 g/mol. The van der Waals surface area contributed by atoms with Gasteiger partial charge in [0, 0.05) is 6.20 Å². The van der Waals surface area contributed by atoms with E-state index in [1.54, 1.807) is 12.3 Å². The molecule has 0 amide bonds. The van der Waals surface area contributed by atoms with Crippen molar-refractivity contribution in [2.24, 2.45) is 0 Å². The zero-order valence-electron chi connectivity index (χ0n) is 6.21. The number of nitrogens with one attached hydrogen (secondary N) is 1. The summed E-state index contributed by atoms with van der Waals surface area (Å²) >= 11 is 2.12. The monoisotopic (exact) mass is 271 g/mol. The van der Waals surface area contributed by atoms with Crippen molar-refractivity contribution in [2.45, 2.75) is 0 Å². The maximum Gasteiger partial charge on any atom is 0.170 e. The molecule has 60 valence electrons. The Morgan fingerprint density at radius 2 is 2.42 bits per heavy atom. The molecule has 4 heteroatoms. The molecule has 1 N–H and O–H groups in total. The molecule has 12 heavy (non-hydrogen) atoms. The van der Waals surface area contributed by atoms with E-state index in [0.717, 1.165) is 20.6 Å². The van der Waals surface area contributed by atoms with Gasteiger partial charge in [0.05, 0.1) is 0 Å². The molecule has 0 fully saturated rings. The maximum absolute atomic E-state index is 4.24. The Labute approximate surface area is 83.1 Å². The molecule has 0 aliphatic carbocycles. The first kappa shape index (κ1) is 7.72. The molecule has 3 nitrogen and oxygen atoms in total. The van der Waals surface area contributed by atoms with Gasteiger partial charge in [-0.05, 0) is 34.2 Å². The lowest BCUT2D eigenvalue weighted by molar-refractivity contribution is 1.24. The van der Waals surface area contributed by atoms with Gasteiger partial charge in [-0.15, -0.1) is 0 Å². The number of imidazole rings is 1. The Hall–Kier alpha value is -0.910. The predicted molar refractivity (Wildman–Crippen MR) is 56.7 cm³/mol. The number of aromatic nitrogens is 3. The number of aromatic amines is 1. The van der Waals surface area contributed by atoms with Crippen molar-refractivity contribution in [3.63, 3.8) is 0 Å². The van der Waals surface area contributed by atoms with E-state index in [-0.39, 0.29) is 0 Å². The number of nitrogens with zero attached hydrogens (tertiary/aromatic N) is 2. The molecule has 0 saturated heterocycles. The van der Waals surface area contributed by atoms with E-state index in [2.05, 4.69) is 44.1 Å². The molecule has 0 aliphatic rings. The summed E-state index contributed by atoms with van der Waals surface area (Å²) in [7, 11) is 0. The van der Waals surface area contributed by atoms with E-state index in [1.165, 1.54) is 0 Å². The predicted octanol–water partition coefficient (Wildman–Crippen LogP) is 2.21. The van der Waals surface area contributed by atoms with Gasteiger partial charge in [-0.3, -0.25) is 0 Å². The fourth-order valence-corrected chi connectivity index (χ4v) is 1.51. The molecule has 0 aromatic carbocycles. The molecule has 2 rings (SSSR count). The third kappa shape index (κ3) is 1.22. The summed E-state index contributed by atoms with van der Waals surface area (Å²) in [6, 6.07) is 1.95. The summed E-state index contributed by atoms with van der Waals surface area (Å²) < 4.78 is 0.858. The second kappa shape index (κ2) is 2.85. The Bertz CT molecular complexity index is 433. The number of hydrogen-bond acceptors (Lipinski definition) is 2. The lowest BCUT2D eigenvalue weighted by Crippen LogP contribution is -1.78. The highest BCUT2D eigenvalue weighted by atomic mass is 127. The zero-order chi connectivity index (χ0) is 8.55. The number of pyridine rings is 1. The highest BCUT2D eigenvalue weighted by Crippen LogP contribution is 2.12. The summed E-state index contributed by atoms with van der Waals surface area (Å²) in [5, 5.41) is 0. The largest absolute Gasteiger partial charge is 0.318 e. The quantitative estimate of drug-likeness (QED) is 0.808. The van der Waals surface area contributed by atoms with Crippen LogP contribution in [0.1, 0.15) is 5.56 Å². The van der Waals surface area contributed by atoms with Gasteiger partial charge in [0.15, 0.2) is 9.48 Å². The Morgan fingerprint density at radius 1 is 1.58 bits per heavy atom. The third-order valence-corrected chi connectivity index (χ3v) is 2.08. The minimum absolute atomic E-state index is 0.824. The number of H-pyrrole nitrogens is 1. The van der Waals surface area contributed by atoms with Crippen LogP contribution in [0.15, 0.2) is 18.8 Å². The molecular formula is C8H6IN3. The van der Waals surface area contributed by atoms with Crippen LogP contribution in [0.4, 0.5) is 0 Å². The van der Waals surface area contributed by atoms with Crippen LogP contribution >= 0.6 is 22.6 Å². The fourth-order valence-electron chi connectivity index (χ4n) is 0.993. The Kier molecular flexibility index (Phi) is 1.84. The first-order chi connectivity index (χ1) is 5.79.